The third-order valence-corrected chi connectivity index (χ3v) is 5.80. The van der Waals surface area contributed by atoms with Gasteiger partial charge in [0, 0.05) is 36.3 Å². The molecule has 1 atom stereocenters. The summed E-state index contributed by atoms with van der Waals surface area (Å²) in [5.74, 6) is 1.82. The van der Waals surface area contributed by atoms with Gasteiger partial charge in [-0.3, -0.25) is 9.78 Å². The second kappa shape index (κ2) is 8.07. The maximum Gasteiger partial charge on any atom is 0.225 e. The van der Waals surface area contributed by atoms with E-state index >= 15 is 0 Å². The lowest BCUT2D eigenvalue weighted by molar-refractivity contribution is -0.136. The highest BCUT2D eigenvalue weighted by Gasteiger charge is 2.31. The summed E-state index contributed by atoms with van der Waals surface area (Å²) in [5.41, 5.74) is 3.01. The average Bonchev–Trinajstić information content (AvgIpc) is 3.23. The number of hydrogen-bond donors (Lipinski definition) is 1. The van der Waals surface area contributed by atoms with Crippen LogP contribution in [0.1, 0.15) is 55.8 Å². The van der Waals surface area contributed by atoms with Crippen molar-refractivity contribution in [2.24, 2.45) is 5.92 Å². The molecule has 142 valence electrons. The van der Waals surface area contributed by atoms with Crippen molar-refractivity contribution in [2.45, 2.75) is 51.4 Å². The zero-order valence-electron chi connectivity index (χ0n) is 16.0. The number of carbonyl (C=O) groups excluding carboxylic acids is 1. The van der Waals surface area contributed by atoms with Crippen molar-refractivity contribution in [3.63, 3.8) is 0 Å². The molecule has 5 nitrogen and oxygen atoms in total. The third-order valence-electron chi connectivity index (χ3n) is 5.80. The number of carbonyl (C=O) groups is 1. The summed E-state index contributed by atoms with van der Waals surface area (Å²) in [5, 5.41) is 3.30. The van der Waals surface area contributed by atoms with Crippen LogP contribution in [-0.2, 0) is 4.79 Å². The maximum absolute atomic E-state index is 12.8. The van der Waals surface area contributed by atoms with Gasteiger partial charge < -0.3 is 10.2 Å². The normalized spacial score (nSPS) is 20.6. The summed E-state index contributed by atoms with van der Waals surface area (Å²) in [7, 11) is 0. The molecule has 2 fully saturated rings. The van der Waals surface area contributed by atoms with Gasteiger partial charge in [-0.05, 0) is 56.9 Å². The van der Waals surface area contributed by atoms with E-state index in [0.717, 1.165) is 61.7 Å². The van der Waals surface area contributed by atoms with Gasteiger partial charge in [0.25, 0.3) is 0 Å². The van der Waals surface area contributed by atoms with Crippen LogP contribution in [0.3, 0.4) is 0 Å². The van der Waals surface area contributed by atoms with Crippen LogP contribution in [0, 0.1) is 12.8 Å². The summed E-state index contributed by atoms with van der Waals surface area (Å²) in [6.45, 7) is 3.70. The molecule has 1 amide bonds. The molecular formula is C22H28N4O. The molecule has 1 saturated carbocycles. The number of piperidine rings is 1. The topological polar surface area (TPSA) is 58.1 Å². The third kappa shape index (κ3) is 4.29. The number of nitrogens with zero attached hydrogens (tertiary/aromatic N) is 3. The molecule has 2 aliphatic rings. The number of nitrogens with one attached hydrogen (secondary N) is 1. The molecule has 0 bridgehead atoms. The monoisotopic (exact) mass is 364 g/mol. The van der Waals surface area contributed by atoms with Crippen LogP contribution in [-0.4, -0.2) is 33.9 Å². The summed E-state index contributed by atoms with van der Waals surface area (Å²) in [6.07, 6.45) is 8.61. The van der Waals surface area contributed by atoms with Crippen LogP contribution in [0.15, 0.2) is 36.5 Å². The van der Waals surface area contributed by atoms with Crippen molar-refractivity contribution in [1.29, 1.82) is 0 Å². The van der Waals surface area contributed by atoms with E-state index in [9.17, 15) is 4.79 Å². The lowest BCUT2D eigenvalue weighted by Gasteiger charge is -2.34. The van der Waals surface area contributed by atoms with Crippen molar-refractivity contribution < 1.29 is 4.79 Å². The van der Waals surface area contributed by atoms with E-state index in [-0.39, 0.29) is 5.92 Å². The first-order chi connectivity index (χ1) is 13.2. The first kappa shape index (κ1) is 18.0. The number of hydrogen-bond acceptors (Lipinski definition) is 4. The first-order valence-corrected chi connectivity index (χ1v) is 10.1. The standard InChI is InChI=1S/C22H28N4O/c1-16-6-4-10-21(24-16)25-19-11-12-20(23-14-19)18-9-5-13-26(15-18)22(27)17-7-2-3-8-17/h4,6,10-12,14,17-18H,2-3,5,7-9,13,15H2,1H3,(H,24,25). The minimum atomic E-state index is 0.269. The molecule has 1 unspecified atom stereocenters. The van der Waals surface area contributed by atoms with Crippen LogP contribution in [0.4, 0.5) is 11.5 Å². The number of aryl methyl sites for hydroxylation is 1. The minimum absolute atomic E-state index is 0.269. The van der Waals surface area contributed by atoms with Gasteiger partial charge in [0.1, 0.15) is 5.82 Å². The molecule has 1 saturated heterocycles. The van der Waals surface area contributed by atoms with Crippen molar-refractivity contribution in [1.82, 2.24) is 14.9 Å². The van der Waals surface area contributed by atoms with Crippen LogP contribution < -0.4 is 5.32 Å². The highest BCUT2D eigenvalue weighted by molar-refractivity contribution is 5.79. The van der Waals surface area contributed by atoms with Crippen LogP contribution in [0.2, 0.25) is 0 Å². The summed E-state index contributed by atoms with van der Waals surface area (Å²) >= 11 is 0. The first-order valence-electron chi connectivity index (χ1n) is 10.1. The molecule has 1 aliphatic heterocycles. The van der Waals surface area contributed by atoms with Crippen LogP contribution >= 0.6 is 0 Å². The van der Waals surface area contributed by atoms with Gasteiger partial charge in [0.05, 0.1) is 11.9 Å². The smallest absolute Gasteiger partial charge is 0.225 e. The van der Waals surface area contributed by atoms with E-state index < -0.39 is 0 Å². The fourth-order valence-electron chi connectivity index (χ4n) is 4.33. The van der Waals surface area contributed by atoms with E-state index in [1.165, 1.54) is 12.8 Å². The van der Waals surface area contributed by atoms with Crippen molar-refractivity contribution in [2.75, 3.05) is 18.4 Å². The highest BCUT2D eigenvalue weighted by Crippen LogP contribution is 2.31. The highest BCUT2D eigenvalue weighted by atomic mass is 16.2. The van der Waals surface area contributed by atoms with Crippen molar-refractivity contribution >= 4 is 17.4 Å². The van der Waals surface area contributed by atoms with E-state index in [1.54, 1.807) is 0 Å². The van der Waals surface area contributed by atoms with E-state index in [0.29, 0.717) is 11.8 Å². The minimum Gasteiger partial charge on any atom is -0.342 e. The number of likely N-dealkylation sites (tertiary alicyclic amines) is 1. The molecule has 0 spiro atoms. The SMILES string of the molecule is Cc1cccc(Nc2ccc(C3CCCN(C(=O)C4CCCC4)C3)nc2)n1. The van der Waals surface area contributed by atoms with E-state index in [1.807, 2.05) is 31.3 Å². The Morgan fingerprint density at radius 2 is 1.96 bits per heavy atom. The predicted molar refractivity (Wildman–Crippen MR) is 107 cm³/mol. The van der Waals surface area contributed by atoms with Gasteiger partial charge in [-0.1, -0.05) is 18.9 Å². The Kier molecular flexibility index (Phi) is 5.37. The molecule has 3 heterocycles. The number of amides is 1. The van der Waals surface area contributed by atoms with Crippen molar-refractivity contribution in [3.8, 4) is 0 Å². The Balaban J connectivity index is 1.40. The molecule has 5 heteroatoms. The van der Waals surface area contributed by atoms with Gasteiger partial charge in [0.2, 0.25) is 5.91 Å². The summed E-state index contributed by atoms with van der Waals surface area (Å²) in [6, 6.07) is 10.1. The average molecular weight is 364 g/mol. The second-order valence-electron chi connectivity index (χ2n) is 7.87. The van der Waals surface area contributed by atoms with Crippen LogP contribution in [0.5, 0.6) is 0 Å². The molecule has 27 heavy (non-hydrogen) atoms. The zero-order chi connectivity index (χ0) is 18.6. The Labute approximate surface area is 161 Å². The number of pyridine rings is 2. The Hall–Kier alpha value is -2.43. The Morgan fingerprint density at radius 1 is 1.11 bits per heavy atom. The fourth-order valence-corrected chi connectivity index (χ4v) is 4.33. The summed E-state index contributed by atoms with van der Waals surface area (Å²) in [4.78, 5) is 24.0. The molecule has 0 radical (unpaired) electrons. The largest absolute Gasteiger partial charge is 0.342 e. The fraction of sp³-hybridized carbons (Fsp3) is 0.500. The lowest BCUT2D eigenvalue weighted by Crippen LogP contribution is -2.42. The van der Waals surface area contributed by atoms with E-state index in [4.69, 9.17) is 0 Å². The molecule has 4 rings (SSSR count). The number of anilines is 2. The second-order valence-corrected chi connectivity index (χ2v) is 7.87. The van der Waals surface area contributed by atoms with E-state index in [2.05, 4.69) is 32.3 Å². The lowest BCUT2D eigenvalue weighted by atomic mass is 9.93. The number of rotatable bonds is 4. The maximum atomic E-state index is 12.8. The predicted octanol–water partition coefficient (Wildman–Crippen LogP) is 4.42. The molecule has 1 N–H and O–H groups in total. The van der Waals surface area contributed by atoms with Gasteiger partial charge in [-0.15, -0.1) is 0 Å². The molecule has 0 aromatic carbocycles. The molecule has 2 aromatic rings. The number of aromatic nitrogens is 2. The van der Waals surface area contributed by atoms with Gasteiger partial charge >= 0.3 is 0 Å². The van der Waals surface area contributed by atoms with Gasteiger partial charge in [0.15, 0.2) is 0 Å². The molecular weight excluding hydrogens is 336 g/mol. The quantitative estimate of drug-likeness (QED) is 0.872. The van der Waals surface area contributed by atoms with Gasteiger partial charge in [-0.25, -0.2) is 4.98 Å². The zero-order valence-corrected chi connectivity index (χ0v) is 16.0. The van der Waals surface area contributed by atoms with Crippen LogP contribution in [0.25, 0.3) is 0 Å². The van der Waals surface area contributed by atoms with Gasteiger partial charge in [-0.2, -0.15) is 0 Å². The molecule has 1 aliphatic carbocycles. The Bertz CT molecular complexity index is 783. The summed E-state index contributed by atoms with van der Waals surface area (Å²) < 4.78 is 0. The molecule has 2 aromatic heterocycles. The Morgan fingerprint density at radius 3 is 2.70 bits per heavy atom. The van der Waals surface area contributed by atoms with Crippen molar-refractivity contribution in [3.05, 3.63) is 47.9 Å².